The van der Waals surface area contributed by atoms with E-state index in [-0.39, 0.29) is 7.43 Å². The van der Waals surface area contributed by atoms with E-state index in [9.17, 15) is 0 Å². The summed E-state index contributed by atoms with van der Waals surface area (Å²) in [6.07, 6.45) is 4.24. The molecule has 0 aromatic rings. The highest BCUT2D eigenvalue weighted by Gasteiger charge is 2.17. The van der Waals surface area contributed by atoms with E-state index < -0.39 is 0 Å². The lowest BCUT2D eigenvalue weighted by Gasteiger charge is -2.18. The van der Waals surface area contributed by atoms with Crippen LogP contribution in [-0.2, 0) is 0 Å². The molecule has 74 valence electrons. The van der Waals surface area contributed by atoms with Crippen LogP contribution in [0.1, 0.15) is 40.5 Å². The molecule has 2 atom stereocenters. The third-order valence-electron chi connectivity index (χ3n) is 2.84. The lowest BCUT2D eigenvalue weighted by atomic mass is 9.97. The number of nitrogens with zero attached hydrogens (tertiary/aromatic N) is 1. The molecule has 1 nitrogen and oxygen atoms in total. The van der Waals surface area contributed by atoms with Gasteiger partial charge in [0.15, 0.2) is 0 Å². The molecule has 1 aliphatic rings. The SMILES string of the molecule is C.CCC1CCC(C)CN(C)C1. The van der Waals surface area contributed by atoms with Gasteiger partial charge >= 0.3 is 0 Å². The summed E-state index contributed by atoms with van der Waals surface area (Å²) in [4.78, 5) is 2.49. The van der Waals surface area contributed by atoms with Crippen LogP contribution in [-0.4, -0.2) is 25.0 Å². The van der Waals surface area contributed by atoms with Gasteiger partial charge in [0, 0.05) is 13.1 Å². The van der Waals surface area contributed by atoms with Gasteiger partial charge in [-0.15, -0.1) is 0 Å². The molecule has 1 fully saturated rings. The number of likely N-dealkylation sites (tertiary alicyclic amines) is 1. The van der Waals surface area contributed by atoms with E-state index in [0.717, 1.165) is 11.8 Å². The third-order valence-corrected chi connectivity index (χ3v) is 2.84. The molecule has 0 aromatic heterocycles. The summed E-state index contributed by atoms with van der Waals surface area (Å²) in [6.45, 7) is 7.31. The molecule has 1 aliphatic heterocycles. The van der Waals surface area contributed by atoms with Crippen LogP contribution in [0.3, 0.4) is 0 Å². The van der Waals surface area contributed by atoms with Crippen LogP contribution in [0.5, 0.6) is 0 Å². The average Bonchev–Trinajstić information content (AvgIpc) is 2.11. The van der Waals surface area contributed by atoms with Crippen LogP contribution >= 0.6 is 0 Å². The lowest BCUT2D eigenvalue weighted by molar-refractivity contribution is 0.278. The molecule has 12 heavy (non-hydrogen) atoms. The molecule has 0 radical (unpaired) electrons. The second-order valence-electron chi connectivity index (χ2n) is 4.18. The van der Waals surface area contributed by atoms with Crippen LogP contribution in [0, 0.1) is 11.8 Å². The Morgan fingerprint density at radius 2 is 1.92 bits per heavy atom. The molecule has 0 saturated carbocycles. The zero-order valence-electron chi connectivity index (χ0n) is 8.14. The topological polar surface area (TPSA) is 3.24 Å². The number of hydrogen-bond donors (Lipinski definition) is 0. The molecule has 0 aliphatic carbocycles. The fourth-order valence-electron chi connectivity index (χ4n) is 2.08. The van der Waals surface area contributed by atoms with Gasteiger partial charge in [-0.05, 0) is 31.7 Å². The predicted octanol–water partition coefficient (Wildman–Crippen LogP) is 3.01. The molecule has 1 heteroatoms. The van der Waals surface area contributed by atoms with E-state index in [2.05, 4.69) is 25.8 Å². The summed E-state index contributed by atoms with van der Waals surface area (Å²) in [7, 11) is 2.25. The van der Waals surface area contributed by atoms with Crippen LogP contribution < -0.4 is 0 Å². The molecular weight excluding hydrogens is 146 g/mol. The molecule has 0 N–H and O–H groups in total. The minimum Gasteiger partial charge on any atom is -0.306 e. The minimum atomic E-state index is 0. The van der Waals surface area contributed by atoms with Gasteiger partial charge in [-0.3, -0.25) is 0 Å². The standard InChI is InChI=1S/C10H21N.CH4/c1-4-10-6-5-9(2)7-11(3)8-10;/h9-10H,4-8H2,1-3H3;1H4. The fourth-order valence-corrected chi connectivity index (χ4v) is 2.08. The van der Waals surface area contributed by atoms with Crippen molar-refractivity contribution < 1.29 is 0 Å². The Morgan fingerprint density at radius 1 is 1.25 bits per heavy atom. The first-order chi connectivity index (χ1) is 5.22. The molecule has 0 amide bonds. The first-order valence-corrected chi connectivity index (χ1v) is 4.91. The average molecular weight is 171 g/mol. The van der Waals surface area contributed by atoms with Gasteiger partial charge in [-0.2, -0.15) is 0 Å². The summed E-state index contributed by atoms with van der Waals surface area (Å²) in [6, 6.07) is 0. The van der Waals surface area contributed by atoms with Gasteiger partial charge in [0.2, 0.25) is 0 Å². The molecule has 1 saturated heterocycles. The Morgan fingerprint density at radius 3 is 2.50 bits per heavy atom. The molecular formula is C11H25N. The molecule has 0 spiro atoms. The minimum absolute atomic E-state index is 0. The molecule has 1 heterocycles. The highest BCUT2D eigenvalue weighted by Crippen LogP contribution is 2.21. The Bertz CT molecular complexity index is 112. The first kappa shape index (κ1) is 12.0. The van der Waals surface area contributed by atoms with Crippen molar-refractivity contribution in [2.45, 2.75) is 40.5 Å². The maximum Gasteiger partial charge on any atom is 0.000662 e. The molecule has 2 unspecified atom stereocenters. The van der Waals surface area contributed by atoms with Crippen molar-refractivity contribution in [3.8, 4) is 0 Å². The normalized spacial score (nSPS) is 32.2. The van der Waals surface area contributed by atoms with Crippen LogP contribution in [0.15, 0.2) is 0 Å². The van der Waals surface area contributed by atoms with E-state index in [1.807, 2.05) is 0 Å². The lowest BCUT2D eigenvalue weighted by Crippen LogP contribution is -2.25. The Balaban J connectivity index is 0.00000121. The van der Waals surface area contributed by atoms with Gasteiger partial charge in [-0.25, -0.2) is 0 Å². The quantitative estimate of drug-likeness (QED) is 0.586. The maximum absolute atomic E-state index is 2.49. The second-order valence-corrected chi connectivity index (χ2v) is 4.18. The van der Waals surface area contributed by atoms with Crippen LogP contribution in [0.4, 0.5) is 0 Å². The van der Waals surface area contributed by atoms with Gasteiger partial charge in [0.05, 0.1) is 0 Å². The van der Waals surface area contributed by atoms with E-state index in [0.29, 0.717) is 0 Å². The van der Waals surface area contributed by atoms with Crippen molar-refractivity contribution in [2.24, 2.45) is 11.8 Å². The summed E-state index contributed by atoms with van der Waals surface area (Å²) >= 11 is 0. The van der Waals surface area contributed by atoms with Gasteiger partial charge in [0.25, 0.3) is 0 Å². The number of hydrogen-bond acceptors (Lipinski definition) is 1. The van der Waals surface area contributed by atoms with E-state index in [1.165, 1.54) is 32.4 Å². The zero-order valence-corrected chi connectivity index (χ0v) is 8.14. The highest BCUT2D eigenvalue weighted by molar-refractivity contribution is 4.71. The van der Waals surface area contributed by atoms with E-state index in [1.54, 1.807) is 0 Å². The predicted molar refractivity (Wildman–Crippen MR) is 56.4 cm³/mol. The summed E-state index contributed by atoms with van der Waals surface area (Å²) in [5.41, 5.74) is 0. The van der Waals surface area contributed by atoms with Gasteiger partial charge in [-0.1, -0.05) is 27.7 Å². The Kier molecular flexibility index (Phi) is 5.56. The van der Waals surface area contributed by atoms with E-state index in [4.69, 9.17) is 0 Å². The van der Waals surface area contributed by atoms with Gasteiger partial charge in [0.1, 0.15) is 0 Å². The molecule has 0 aromatic carbocycles. The highest BCUT2D eigenvalue weighted by atomic mass is 15.1. The third kappa shape index (κ3) is 3.57. The van der Waals surface area contributed by atoms with Crippen molar-refractivity contribution in [3.63, 3.8) is 0 Å². The summed E-state index contributed by atoms with van der Waals surface area (Å²) in [5.74, 6) is 1.88. The van der Waals surface area contributed by atoms with Crippen molar-refractivity contribution in [1.29, 1.82) is 0 Å². The monoisotopic (exact) mass is 171 g/mol. The second kappa shape index (κ2) is 5.58. The smallest absolute Gasteiger partial charge is 0.000662 e. The number of rotatable bonds is 1. The zero-order chi connectivity index (χ0) is 8.27. The maximum atomic E-state index is 2.49. The van der Waals surface area contributed by atoms with Crippen molar-refractivity contribution in [1.82, 2.24) is 4.90 Å². The van der Waals surface area contributed by atoms with Crippen LogP contribution in [0.2, 0.25) is 0 Å². The Labute approximate surface area is 78.1 Å². The van der Waals surface area contributed by atoms with Crippen molar-refractivity contribution in [3.05, 3.63) is 0 Å². The van der Waals surface area contributed by atoms with E-state index >= 15 is 0 Å². The van der Waals surface area contributed by atoms with Crippen molar-refractivity contribution >= 4 is 0 Å². The van der Waals surface area contributed by atoms with Gasteiger partial charge < -0.3 is 4.90 Å². The fraction of sp³-hybridized carbons (Fsp3) is 1.00. The summed E-state index contributed by atoms with van der Waals surface area (Å²) < 4.78 is 0. The van der Waals surface area contributed by atoms with Crippen molar-refractivity contribution in [2.75, 3.05) is 20.1 Å². The molecule has 0 bridgehead atoms. The van der Waals surface area contributed by atoms with Crippen LogP contribution in [0.25, 0.3) is 0 Å². The largest absolute Gasteiger partial charge is 0.306 e. The first-order valence-electron chi connectivity index (χ1n) is 4.91. The summed E-state index contributed by atoms with van der Waals surface area (Å²) in [5, 5.41) is 0. The molecule has 1 rings (SSSR count). The Hall–Kier alpha value is -0.0400.